The van der Waals surface area contributed by atoms with Gasteiger partial charge < -0.3 is 4.90 Å². The molecule has 1 heterocycles. The van der Waals surface area contributed by atoms with Crippen molar-refractivity contribution in [1.29, 1.82) is 0 Å². The molecule has 1 aromatic rings. The molecular formula is C13H15BrClNO. The molecule has 17 heavy (non-hydrogen) atoms. The van der Waals surface area contributed by atoms with Crippen LogP contribution >= 0.6 is 27.5 Å². The Morgan fingerprint density at radius 1 is 1.53 bits per heavy atom. The molecule has 2 nitrogen and oxygen atoms in total. The maximum Gasteiger partial charge on any atom is 0.253 e. The average Bonchev–Trinajstić information content (AvgIpc) is 2.32. The summed E-state index contributed by atoms with van der Waals surface area (Å²) in [6.07, 6.45) is 1.04. The minimum absolute atomic E-state index is 0.0730. The summed E-state index contributed by atoms with van der Waals surface area (Å²) in [4.78, 5) is 14.5. The molecule has 1 amide bonds. The van der Waals surface area contributed by atoms with Crippen molar-refractivity contribution in [2.24, 2.45) is 5.92 Å². The molecule has 0 radical (unpaired) electrons. The van der Waals surface area contributed by atoms with Crippen LogP contribution in [-0.4, -0.2) is 28.7 Å². The Bertz CT molecular complexity index is 424. The number of likely N-dealkylation sites (tertiary alicyclic amines) is 1. The zero-order valence-corrected chi connectivity index (χ0v) is 12.0. The van der Waals surface area contributed by atoms with E-state index >= 15 is 0 Å². The fraction of sp³-hybridized carbons (Fsp3) is 0.462. The quantitative estimate of drug-likeness (QED) is 0.725. The number of carbonyl (C=O) groups excluding carboxylic acids is 1. The topological polar surface area (TPSA) is 20.3 Å². The third-order valence-electron chi connectivity index (χ3n) is 3.23. The van der Waals surface area contributed by atoms with E-state index in [-0.39, 0.29) is 5.91 Å². The highest BCUT2D eigenvalue weighted by Crippen LogP contribution is 2.24. The summed E-state index contributed by atoms with van der Waals surface area (Å²) in [5.74, 6) is 0.697. The molecule has 1 fully saturated rings. The largest absolute Gasteiger partial charge is 0.338 e. The fourth-order valence-electron chi connectivity index (χ4n) is 2.01. The van der Waals surface area contributed by atoms with Crippen LogP contribution in [0.2, 0.25) is 5.02 Å². The predicted molar refractivity (Wildman–Crippen MR) is 73.9 cm³/mol. The standard InChI is InChI=1S/C13H15BrClNO/c1-9-5-6-16(8-12(9)14)13(17)10-3-2-4-11(15)7-10/h2-4,7,9,12H,5-6,8H2,1H3. The number of alkyl halides is 1. The minimum atomic E-state index is 0.0730. The molecule has 1 aliphatic rings. The van der Waals surface area contributed by atoms with Crippen molar-refractivity contribution in [2.45, 2.75) is 18.2 Å². The van der Waals surface area contributed by atoms with E-state index in [0.717, 1.165) is 19.5 Å². The molecule has 1 aromatic carbocycles. The first-order valence-electron chi connectivity index (χ1n) is 5.77. The lowest BCUT2D eigenvalue weighted by Gasteiger charge is -2.34. The summed E-state index contributed by atoms with van der Waals surface area (Å²) in [7, 11) is 0. The van der Waals surface area contributed by atoms with Gasteiger partial charge in [-0.05, 0) is 30.5 Å². The lowest BCUT2D eigenvalue weighted by atomic mass is 9.98. The Morgan fingerprint density at radius 2 is 2.29 bits per heavy atom. The number of amides is 1. The van der Waals surface area contributed by atoms with E-state index in [4.69, 9.17) is 11.6 Å². The van der Waals surface area contributed by atoms with Crippen molar-refractivity contribution in [3.8, 4) is 0 Å². The average molecular weight is 317 g/mol. The Balaban J connectivity index is 2.10. The second-order valence-corrected chi connectivity index (χ2v) is 6.16. The molecule has 0 aromatic heterocycles. The van der Waals surface area contributed by atoms with Crippen molar-refractivity contribution in [3.63, 3.8) is 0 Å². The van der Waals surface area contributed by atoms with Crippen molar-refractivity contribution in [1.82, 2.24) is 4.90 Å². The van der Waals surface area contributed by atoms with Crippen LogP contribution in [0.5, 0.6) is 0 Å². The third-order valence-corrected chi connectivity index (χ3v) is 4.65. The normalized spacial score (nSPS) is 24.8. The lowest BCUT2D eigenvalue weighted by molar-refractivity contribution is 0.0706. The number of benzene rings is 1. The van der Waals surface area contributed by atoms with Gasteiger partial charge in [0, 0.05) is 28.5 Å². The lowest BCUT2D eigenvalue weighted by Crippen LogP contribution is -2.43. The molecule has 92 valence electrons. The molecule has 0 spiro atoms. The number of rotatable bonds is 1. The van der Waals surface area contributed by atoms with Crippen LogP contribution < -0.4 is 0 Å². The zero-order valence-electron chi connectivity index (χ0n) is 9.70. The minimum Gasteiger partial charge on any atom is -0.338 e. The van der Waals surface area contributed by atoms with Gasteiger partial charge in [-0.25, -0.2) is 0 Å². The third kappa shape index (κ3) is 3.02. The highest BCUT2D eigenvalue weighted by atomic mass is 79.9. The van der Waals surface area contributed by atoms with Gasteiger partial charge in [0.15, 0.2) is 0 Å². The van der Waals surface area contributed by atoms with E-state index in [1.165, 1.54) is 0 Å². The first-order valence-corrected chi connectivity index (χ1v) is 7.06. The smallest absolute Gasteiger partial charge is 0.253 e. The molecule has 2 atom stereocenters. The Hall–Kier alpha value is -0.540. The molecule has 4 heteroatoms. The second-order valence-electron chi connectivity index (χ2n) is 4.54. The first kappa shape index (κ1) is 12.9. The van der Waals surface area contributed by atoms with E-state index < -0.39 is 0 Å². The van der Waals surface area contributed by atoms with E-state index in [2.05, 4.69) is 22.9 Å². The highest BCUT2D eigenvalue weighted by molar-refractivity contribution is 9.09. The summed E-state index contributed by atoms with van der Waals surface area (Å²) < 4.78 is 0. The molecule has 0 aliphatic carbocycles. The van der Waals surface area contributed by atoms with Gasteiger partial charge in [0.1, 0.15) is 0 Å². The van der Waals surface area contributed by atoms with Crippen LogP contribution in [-0.2, 0) is 0 Å². The van der Waals surface area contributed by atoms with E-state index in [0.29, 0.717) is 21.3 Å². The molecule has 2 rings (SSSR count). The van der Waals surface area contributed by atoms with Crippen molar-refractivity contribution in [3.05, 3.63) is 34.9 Å². The highest BCUT2D eigenvalue weighted by Gasteiger charge is 2.27. The maximum absolute atomic E-state index is 12.3. The predicted octanol–water partition coefficient (Wildman–Crippen LogP) is 3.59. The van der Waals surface area contributed by atoms with Gasteiger partial charge in [0.2, 0.25) is 0 Å². The van der Waals surface area contributed by atoms with Crippen molar-refractivity contribution >= 4 is 33.4 Å². The number of nitrogens with zero attached hydrogens (tertiary/aromatic N) is 1. The van der Waals surface area contributed by atoms with Crippen LogP contribution in [0.25, 0.3) is 0 Å². The van der Waals surface area contributed by atoms with Crippen LogP contribution in [0.3, 0.4) is 0 Å². The summed E-state index contributed by atoms with van der Waals surface area (Å²) in [6.45, 7) is 3.81. The molecular weight excluding hydrogens is 302 g/mol. The number of hydrogen-bond acceptors (Lipinski definition) is 1. The van der Waals surface area contributed by atoms with E-state index in [9.17, 15) is 4.79 Å². The number of piperidine rings is 1. The summed E-state index contributed by atoms with van der Waals surface area (Å²) in [6, 6.07) is 7.14. The summed E-state index contributed by atoms with van der Waals surface area (Å²) >= 11 is 9.53. The van der Waals surface area contributed by atoms with Crippen LogP contribution in [0.1, 0.15) is 23.7 Å². The van der Waals surface area contributed by atoms with Crippen molar-refractivity contribution < 1.29 is 4.79 Å². The number of carbonyl (C=O) groups is 1. The van der Waals surface area contributed by atoms with Gasteiger partial charge in [-0.1, -0.05) is 40.5 Å². The van der Waals surface area contributed by atoms with Crippen LogP contribution in [0.4, 0.5) is 0 Å². The number of halogens is 2. The van der Waals surface area contributed by atoms with E-state index in [1.807, 2.05) is 17.0 Å². The Kier molecular flexibility index (Phi) is 4.10. The van der Waals surface area contributed by atoms with Gasteiger partial charge in [0.25, 0.3) is 5.91 Å². The molecule has 1 aliphatic heterocycles. The van der Waals surface area contributed by atoms with Gasteiger partial charge in [0.05, 0.1) is 0 Å². The molecule has 2 unspecified atom stereocenters. The Labute approximate surface area is 115 Å². The molecule has 0 N–H and O–H groups in total. The van der Waals surface area contributed by atoms with Gasteiger partial charge in [-0.3, -0.25) is 4.79 Å². The monoisotopic (exact) mass is 315 g/mol. The first-order chi connectivity index (χ1) is 8.08. The Morgan fingerprint density at radius 3 is 2.94 bits per heavy atom. The molecule has 1 saturated heterocycles. The summed E-state index contributed by atoms with van der Waals surface area (Å²) in [5.41, 5.74) is 0.673. The molecule has 0 saturated carbocycles. The van der Waals surface area contributed by atoms with Crippen LogP contribution in [0, 0.1) is 5.92 Å². The summed E-state index contributed by atoms with van der Waals surface area (Å²) in [5, 5.41) is 0.608. The van der Waals surface area contributed by atoms with Crippen molar-refractivity contribution in [2.75, 3.05) is 13.1 Å². The van der Waals surface area contributed by atoms with E-state index in [1.54, 1.807) is 12.1 Å². The van der Waals surface area contributed by atoms with Gasteiger partial charge in [-0.15, -0.1) is 0 Å². The second kappa shape index (κ2) is 5.40. The van der Waals surface area contributed by atoms with Gasteiger partial charge >= 0.3 is 0 Å². The zero-order chi connectivity index (χ0) is 12.4. The SMILES string of the molecule is CC1CCN(C(=O)c2cccc(Cl)c2)CC1Br. The number of hydrogen-bond donors (Lipinski definition) is 0. The van der Waals surface area contributed by atoms with Crippen LogP contribution in [0.15, 0.2) is 24.3 Å². The molecule has 0 bridgehead atoms. The van der Waals surface area contributed by atoms with Gasteiger partial charge in [-0.2, -0.15) is 0 Å². The fourth-order valence-corrected chi connectivity index (χ4v) is 2.81. The maximum atomic E-state index is 12.3.